The van der Waals surface area contributed by atoms with E-state index in [1.807, 2.05) is 6.92 Å². The third kappa shape index (κ3) is 3.69. The van der Waals surface area contributed by atoms with Crippen molar-refractivity contribution in [2.24, 2.45) is 5.14 Å². The molecule has 20 heavy (non-hydrogen) atoms. The number of rotatable bonds is 2. The highest BCUT2D eigenvalue weighted by atomic mass is 32.2. The molecule has 7 nitrogen and oxygen atoms in total. The number of sulfonamides is 1. The molecule has 8 heteroatoms. The van der Waals surface area contributed by atoms with E-state index in [2.05, 4.69) is 5.32 Å². The molecule has 0 aromatic heterocycles. The molecule has 1 saturated heterocycles. The van der Waals surface area contributed by atoms with Gasteiger partial charge >= 0.3 is 6.03 Å². The zero-order chi connectivity index (χ0) is 14.8. The van der Waals surface area contributed by atoms with Crippen molar-refractivity contribution in [3.8, 4) is 0 Å². The number of carbonyl (C=O) groups excluding carboxylic acids is 1. The summed E-state index contributed by atoms with van der Waals surface area (Å²) in [5, 5.41) is 7.71. The SMILES string of the molecule is CC1CN(C(=O)Nc2ccc(S(N)(=O)=O)cc2)CCO1. The molecule has 2 rings (SSSR count). The van der Waals surface area contributed by atoms with Crippen molar-refractivity contribution in [3.63, 3.8) is 0 Å². The summed E-state index contributed by atoms with van der Waals surface area (Å²) >= 11 is 0. The average Bonchev–Trinajstić information content (AvgIpc) is 2.38. The molecule has 0 saturated carbocycles. The lowest BCUT2D eigenvalue weighted by atomic mass is 10.3. The zero-order valence-electron chi connectivity index (χ0n) is 11.1. The van der Waals surface area contributed by atoms with Crippen LogP contribution in [-0.2, 0) is 14.8 Å². The van der Waals surface area contributed by atoms with Crippen LogP contribution < -0.4 is 10.5 Å². The molecule has 0 bridgehead atoms. The lowest BCUT2D eigenvalue weighted by Gasteiger charge is -2.31. The van der Waals surface area contributed by atoms with Crippen molar-refractivity contribution in [3.05, 3.63) is 24.3 Å². The molecule has 1 unspecified atom stereocenters. The summed E-state index contributed by atoms with van der Waals surface area (Å²) < 4.78 is 27.6. The lowest BCUT2D eigenvalue weighted by Crippen LogP contribution is -2.46. The molecule has 1 aromatic rings. The van der Waals surface area contributed by atoms with Crippen LogP contribution in [0.1, 0.15) is 6.92 Å². The molecular formula is C12H17N3O4S. The van der Waals surface area contributed by atoms with Crippen LogP contribution in [0.2, 0.25) is 0 Å². The number of nitrogens with zero attached hydrogens (tertiary/aromatic N) is 1. The quantitative estimate of drug-likeness (QED) is 0.834. The standard InChI is InChI=1S/C12H17N3O4S/c1-9-8-15(6-7-19-9)12(16)14-10-2-4-11(5-3-10)20(13,17)18/h2-5,9H,6-8H2,1H3,(H,14,16)(H2,13,17,18). The molecule has 0 radical (unpaired) electrons. The van der Waals surface area contributed by atoms with E-state index < -0.39 is 10.0 Å². The largest absolute Gasteiger partial charge is 0.375 e. The second kappa shape index (κ2) is 5.78. The van der Waals surface area contributed by atoms with Crippen LogP contribution in [-0.4, -0.2) is 45.1 Å². The number of nitrogens with one attached hydrogen (secondary N) is 1. The molecular weight excluding hydrogens is 282 g/mol. The summed E-state index contributed by atoms with van der Waals surface area (Å²) in [6, 6.07) is 5.48. The monoisotopic (exact) mass is 299 g/mol. The van der Waals surface area contributed by atoms with Crippen molar-refractivity contribution in [2.75, 3.05) is 25.0 Å². The van der Waals surface area contributed by atoms with Crippen LogP contribution in [0.5, 0.6) is 0 Å². The normalized spacial score (nSPS) is 19.7. The number of anilines is 1. The molecule has 0 aliphatic carbocycles. The first-order valence-corrected chi connectivity index (χ1v) is 7.71. The minimum absolute atomic E-state index is 0.00972. The zero-order valence-corrected chi connectivity index (χ0v) is 11.9. The number of benzene rings is 1. The number of primary sulfonamides is 1. The van der Waals surface area contributed by atoms with Gasteiger partial charge in [0.25, 0.3) is 0 Å². The van der Waals surface area contributed by atoms with Crippen LogP contribution in [0.25, 0.3) is 0 Å². The minimum Gasteiger partial charge on any atom is -0.375 e. The van der Waals surface area contributed by atoms with E-state index in [1.54, 1.807) is 4.90 Å². The second-order valence-corrected chi connectivity index (χ2v) is 6.19. The average molecular weight is 299 g/mol. The Labute approximate surface area is 117 Å². The van der Waals surface area contributed by atoms with Gasteiger partial charge in [-0.2, -0.15) is 0 Å². The Balaban J connectivity index is 2.01. The predicted molar refractivity (Wildman–Crippen MR) is 73.8 cm³/mol. The third-order valence-electron chi connectivity index (χ3n) is 2.96. The molecule has 0 spiro atoms. The van der Waals surface area contributed by atoms with E-state index in [0.717, 1.165) is 0 Å². The van der Waals surface area contributed by atoms with Crippen LogP contribution in [0, 0.1) is 0 Å². The van der Waals surface area contributed by atoms with Crippen LogP contribution in [0.3, 0.4) is 0 Å². The molecule has 3 N–H and O–H groups in total. The van der Waals surface area contributed by atoms with Crippen molar-refractivity contribution in [2.45, 2.75) is 17.9 Å². The van der Waals surface area contributed by atoms with Crippen molar-refractivity contribution in [1.29, 1.82) is 0 Å². The maximum atomic E-state index is 12.0. The Hall–Kier alpha value is -1.64. The smallest absolute Gasteiger partial charge is 0.322 e. The summed E-state index contributed by atoms with van der Waals surface area (Å²) in [6.45, 7) is 3.48. The van der Waals surface area contributed by atoms with Gasteiger partial charge in [-0.25, -0.2) is 18.4 Å². The first-order valence-electron chi connectivity index (χ1n) is 6.16. The molecule has 1 atom stereocenters. The van der Waals surface area contributed by atoms with E-state index >= 15 is 0 Å². The Kier molecular flexibility index (Phi) is 4.26. The minimum atomic E-state index is -3.72. The van der Waals surface area contributed by atoms with Gasteiger partial charge in [-0.15, -0.1) is 0 Å². The first kappa shape index (κ1) is 14.8. The van der Waals surface area contributed by atoms with Gasteiger partial charge in [-0.3, -0.25) is 0 Å². The van der Waals surface area contributed by atoms with E-state index in [4.69, 9.17) is 9.88 Å². The summed E-state index contributed by atoms with van der Waals surface area (Å²) in [5.41, 5.74) is 0.515. The maximum absolute atomic E-state index is 12.0. The molecule has 2 amide bonds. The number of ether oxygens (including phenoxy) is 1. The second-order valence-electron chi connectivity index (χ2n) is 4.63. The first-order chi connectivity index (χ1) is 9.36. The molecule has 1 aliphatic heterocycles. The van der Waals surface area contributed by atoms with E-state index in [9.17, 15) is 13.2 Å². The molecule has 110 valence electrons. The fourth-order valence-electron chi connectivity index (χ4n) is 1.93. The van der Waals surface area contributed by atoms with Crippen LogP contribution >= 0.6 is 0 Å². The lowest BCUT2D eigenvalue weighted by molar-refractivity contribution is -0.00138. The van der Waals surface area contributed by atoms with Crippen LogP contribution in [0.4, 0.5) is 10.5 Å². The molecule has 1 aromatic carbocycles. The van der Waals surface area contributed by atoms with Crippen LogP contribution in [0.15, 0.2) is 29.2 Å². The van der Waals surface area contributed by atoms with E-state index in [-0.39, 0.29) is 17.0 Å². The van der Waals surface area contributed by atoms with Gasteiger partial charge in [0.1, 0.15) is 0 Å². The number of nitrogens with two attached hydrogens (primary N) is 1. The third-order valence-corrected chi connectivity index (χ3v) is 3.89. The number of urea groups is 1. The summed E-state index contributed by atoms with van der Waals surface area (Å²) in [6.07, 6.45) is 0.0132. The number of hydrogen-bond donors (Lipinski definition) is 2. The summed E-state index contributed by atoms with van der Waals surface area (Å²) in [4.78, 5) is 13.7. The Morgan fingerprint density at radius 2 is 2.05 bits per heavy atom. The highest BCUT2D eigenvalue weighted by molar-refractivity contribution is 7.89. The number of hydrogen-bond acceptors (Lipinski definition) is 4. The fourth-order valence-corrected chi connectivity index (χ4v) is 2.45. The Bertz CT molecular complexity index is 585. The van der Waals surface area contributed by atoms with Gasteiger partial charge in [0.05, 0.1) is 17.6 Å². The number of amides is 2. The van der Waals surface area contributed by atoms with Gasteiger partial charge in [0.2, 0.25) is 10.0 Å². The molecule has 1 heterocycles. The highest BCUT2D eigenvalue weighted by Crippen LogP contribution is 2.14. The number of morpholine rings is 1. The summed E-state index contributed by atoms with van der Waals surface area (Å²) in [5.74, 6) is 0. The Morgan fingerprint density at radius 3 is 2.60 bits per heavy atom. The predicted octanol–water partition coefficient (Wildman–Crippen LogP) is 0.587. The van der Waals surface area contributed by atoms with Gasteiger partial charge in [-0.05, 0) is 31.2 Å². The number of carbonyl (C=O) groups is 1. The molecule has 1 fully saturated rings. The molecule has 1 aliphatic rings. The van der Waals surface area contributed by atoms with Crippen molar-refractivity contribution in [1.82, 2.24) is 4.90 Å². The Morgan fingerprint density at radius 1 is 1.40 bits per heavy atom. The fraction of sp³-hybridized carbons (Fsp3) is 0.417. The maximum Gasteiger partial charge on any atom is 0.322 e. The van der Waals surface area contributed by atoms with Gasteiger partial charge in [0, 0.05) is 18.8 Å². The van der Waals surface area contributed by atoms with Gasteiger partial charge in [0.15, 0.2) is 0 Å². The summed E-state index contributed by atoms with van der Waals surface area (Å²) in [7, 11) is -3.72. The van der Waals surface area contributed by atoms with E-state index in [1.165, 1.54) is 24.3 Å². The van der Waals surface area contributed by atoms with Crippen molar-refractivity contribution >= 4 is 21.7 Å². The van der Waals surface area contributed by atoms with Crippen molar-refractivity contribution < 1.29 is 17.9 Å². The van der Waals surface area contributed by atoms with Gasteiger partial charge < -0.3 is 15.0 Å². The van der Waals surface area contributed by atoms with E-state index in [0.29, 0.717) is 25.4 Å². The van der Waals surface area contributed by atoms with Gasteiger partial charge in [-0.1, -0.05) is 0 Å². The topological polar surface area (TPSA) is 102 Å². The highest BCUT2D eigenvalue weighted by Gasteiger charge is 2.21.